The van der Waals surface area contributed by atoms with Crippen LogP contribution in [-0.4, -0.2) is 22.4 Å². The van der Waals surface area contributed by atoms with Crippen LogP contribution in [0.3, 0.4) is 0 Å². The van der Waals surface area contributed by atoms with Gasteiger partial charge in [0.2, 0.25) is 0 Å². The van der Waals surface area contributed by atoms with E-state index in [-0.39, 0.29) is 0 Å². The van der Waals surface area contributed by atoms with Crippen molar-refractivity contribution >= 4 is 39.0 Å². The van der Waals surface area contributed by atoms with Crippen LogP contribution in [0.1, 0.15) is 18.4 Å². The Morgan fingerprint density at radius 2 is 2.25 bits per heavy atom. The Bertz CT molecular complexity index is 469. The minimum absolute atomic E-state index is 0.721. The zero-order valence-corrected chi connectivity index (χ0v) is 10.7. The van der Waals surface area contributed by atoms with Gasteiger partial charge in [0, 0.05) is 12.4 Å². The molecule has 0 spiro atoms. The molecule has 3 nitrogen and oxygen atoms in total. The summed E-state index contributed by atoms with van der Waals surface area (Å²) < 4.78 is 1.14. The zero-order chi connectivity index (χ0) is 11.4. The number of aryl methyl sites for hydroxylation is 1. The molecule has 0 atom stereocenters. The predicted octanol–water partition coefficient (Wildman–Crippen LogP) is 3.43. The molecule has 0 bridgehead atoms. The van der Waals surface area contributed by atoms with Gasteiger partial charge in [-0.05, 0) is 30.7 Å². The molecule has 0 aliphatic carbocycles. The molecule has 0 fully saturated rings. The van der Waals surface area contributed by atoms with E-state index in [1.807, 2.05) is 0 Å². The summed E-state index contributed by atoms with van der Waals surface area (Å²) in [6, 6.07) is 0. The highest BCUT2D eigenvalue weighted by Crippen LogP contribution is 2.28. The maximum absolute atomic E-state index is 5.63. The van der Waals surface area contributed by atoms with Crippen LogP contribution >= 0.6 is 22.9 Å². The second-order valence-corrected chi connectivity index (χ2v) is 4.90. The second kappa shape index (κ2) is 5.46. The standard InChI is InChI=1S/C11H14ClN3S/c1-8-6-16-10-9(8)14-7-15-11(10)13-5-3-2-4-12/h6-7H,2-5H2,1H3,(H,13,14,15). The van der Waals surface area contributed by atoms with E-state index in [4.69, 9.17) is 11.6 Å². The summed E-state index contributed by atoms with van der Waals surface area (Å²) >= 11 is 7.32. The first-order valence-corrected chi connectivity index (χ1v) is 6.73. The van der Waals surface area contributed by atoms with Crippen LogP contribution in [0.4, 0.5) is 5.82 Å². The summed E-state index contributed by atoms with van der Waals surface area (Å²) in [7, 11) is 0. The summed E-state index contributed by atoms with van der Waals surface area (Å²) in [6.07, 6.45) is 3.72. The first kappa shape index (κ1) is 11.6. The second-order valence-electron chi connectivity index (χ2n) is 3.64. The van der Waals surface area contributed by atoms with Gasteiger partial charge < -0.3 is 5.32 Å². The molecule has 2 heterocycles. The number of rotatable bonds is 5. The lowest BCUT2D eigenvalue weighted by Gasteiger charge is -2.05. The molecular formula is C11H14ClN3S. The maximum atomic E-state index is 5.63. The molecule has 0 aromatic carbocycles. The Kier molecular flexibility index (Phi) is 3.96. The fourth-order valence-corrected chi connectivity index (χ4v) is 2.68. The van der Waals surface area contributed by atoms with Gasteiger partial charge in [-0.25, -0.2) is 9.97 Å². The molecule has 0 aliphatic rings. The number of aromatic nitrogens is 2. The highest BCUT2D eigenvalue weighted by Gasteiger charge is 2.06. The summed E-state index contributed by atoms with van der Waals surface area (Å²) in [6.45, 7) is 2.99. The van der Waals surface area contributed by atoms with E-state index in [0.29, 0.717) is 0 Å². The van der Waals surface area contributed by atoms with Crippen molar-refractivity contribution in [3.05, 3.63) is 17.3 Å². The number of nitrogens with one attached hydrogen (secondary N) is 1. The van der Waals surface area contributed by atoms with Crippen LogP contribution < -0.4 is 5.32 Å². The average Bonchev–Trinajstić information content (AvgIpc) is 2.68. The number of anilines is 1. The Morgan fingerprint density at radius 1 is 1.38 bits per heavy atom. The largest absolute Gasteiger partial charge is 0.369 e. The number of halogens is 1. The summed E-state index contributed by atoms with van der Waals surface area (Å²) in [5.74, 6) is 1.66. The number of hydrogen-bond donors (Lipinski definition) is 1. The van der Waals surface area contributed by atoms with E-state index in [2.05, 4.69) is 27.6 Å². The number of hydrogen-bond acceptors (Lipinski definition) is 4. The third-order valence-electron chi connectivity index (χ3n) is 2.38. The highest BCUT2D eigenvalue weighted by molar-refractivity contribution is 7.18. The molecule has 0 radical (unpaired) electrons. The van der Waals surface area contributed by atoms with Crippen molar-refractivity contribution in [1.29, 1.82) is 0 Å². The van der Waals surface area contributed by atoms with Gasteiger partial charge in [-0.15, -0.1) is 22.9 Å². The number of fused-ring (bicyclic) bond motifs is 1. The third-order valence-corrected chi connectivity index (χ3v) is 3.74. The first-order valence-electron chi connectivity index (χ1n) is 5.31. The van der Waals surface area contributed by atoms with Crippen molar-refractivity contribution in [2.24, 2.45) is 0 Å². The van der Waals surface area contributed by atoms with Crippen LogP contribution in [0.5, 0.6) is 0 Å². The van der Waals surface area contributed by atoms with Crippen molar-refractivity contribution in [3.8, 4) is 0 Å². The minimum Gasteiger partial charge on any atom is -0.369 e. The van der Waals surface area contributed by atoms with Gasteiger partial charge >= 0.3 is 0 Å². The molecule has 86 valence electrons. The van der Waals surface area contributed by atoms with Gasteiger partial charge in [0.15, 0.2) is 0 Å². The molecule has 0 aliphatic heterocycles. The van der Waals surface area contributed by atoms with Crippen molar-refractivity contribution in [2.45, 2.75) is 19.8 Å². The number of unbranched alkanes of at least 4 members (excludes halogenated alkanes) is 1. The van der Waals surface area contributed by atoms with Crippen LogP contribution in [0.15, 0.2) is 11.7 Å². The van der Waals surface area contributed by atoms with E-state index in [1.165, 1.54) is 5.56 Å². The van der Waals surface area contributed by atoms with Crippen LogP contribution in [0.25, 0.3) is 10.2 Å². The minimum atomic E-state index is 0.721. The van der Waals surface area contributed by atoms with Crippen molar-refractivity contribution < 1.29 is 0 Å². The Morgan fingerprint density at radius 3 is 3.06 bits per heavy atom. The number of alkyl halides is 1. The molecule has 0 saturated carbocycles. The van der Waals surface area contributed by atoms with E-state index >= 15 is 0 Å². The summed E-state index contributed by atoms with van der Waals surface area (Å²) in [5, 5.41) is 5.45. The van der Waals surface area contributed by atoms with E-state index in [0.717, 1.165) is 41.3 Å². The van der Waals surface area contributed by atoms with E-state index < -0.39 is 0 Å². The van der Waals surface area contributed by atoms with Gasteiger partial charge in [-0.1, -0.05) is 0 Å². The predicted molar refractivity (Wildman–Crippen MR) is 70.6 cm³/mol. The van der Waals surface area contributed by atoms with Crippen molar-refractivity contribution in [2.75, 3.05) is 17.7 Å². The SMILES string of the molecule is Cc1csc2c(NCCCCCl)ncnc12. The first-order chi connectivity index (χ1) is 7.83. The fraction of sp³-hybridized carbons (Fsp3) is 0.455. The molecule has 2 aromatic rings. The van der Waals surface area contributed by atoms with Gasteiger partial charge in [0.1, 0.15) is 12.1 Å². The lowest BCUT2D eigenvalue weighted by atomic mass is 10.3. The van der Waals surface area contributed by atoms with Gasteiger partial charge in [-0.3, -0.25) is 0 Å². The van der Waals surface area contributed by atoms with Crippen molar-refractivity contribution in [3.63, 3.8) is 0 Å². The fourth-order valence-electron chi connectivity index (χ4n) is 1.52. The molecule has 2 aromatic heterocycles. The Labute approximate surface area is 104 Å². The quantitative estimate of drug-likeness (QED) is 0.657. The van der Waals surface area contributed by atoms with E-state index in [9.17, 15) is 0 Å². The van der Waals surface area contributed by atoms with Crippen LogP contribution in [0, 0.1) is 6.92 Å². The average molecular weight is 256 g/mol. The normalized spacial score (nSPS) is 10.9. The lowest BCUT2D eigenvalue weighted by molar-refractivity contribution is 0.837. The molecular weight excluding hydrogens is 242 g/mol. The number of thiophene rings is 1. The molecule has 0 unspecified atom stereocenters. The van der Waals surface area contributed by atoms with Crippen LogP contribution in [0.2, 0.25) is 0 Å². The lowest BCUT2D eigenvalue weighted by Crippen LogP contribution is -2.03. The molecule has 2 rings (SSSR count). The number of nitrogens with zero attached hydrogens (tertiary/aromatic N) is 2. The zero-order valence-electron chi connectivity index (χ0n) is 9.16. The van der Waals surface area contributed by atoms with Gasteiger partial charge in [-0.2, -0.15) is 0 Å². The monoisotopic (exact) mass is 255 g/mol. The molecule has 1 N–H and O–H groups in total. The summed E-state index contributed by atoms with van der Waals surface area (Å²) in [4.78, 5) is 8.56. The molecule has 0 saturated heterocycles. The Hall–Kier alpha value is -0.870. The smallest absolute Gasteiger partial charge is 0.147 e. The Balaban J connectivity index is 2.11. The molecule has 16 heavy (non-hydrogen) atoms. The van der Waals surface area contributed by atoms with Crippen LogP contribution in [-0.2, 0) is 0 Å². The van der Waals surface area contributed by atoms with Crippen molar-refractivity contribution in [1.82, 2.24) is 9.97 Å². The van der Waals surface area contributed by atoms with Gasteiger partial charge in [0.05, 0.1) is 10.2 Å². The topological polar surface area (TPSA) is 37.8 Å². The summed E-state index contributed by atoms with van der Waals surface area (Å²) in [5.41, 5.74) is 2.27. The van der Waals surface area contributed by atoms with E-state index in [1.54, 1.807) is 17.7 Å². The molecule has 5 heteroatoms. The molecule has 0 amide bonds. The third kappa shape index (κ3) is 2.44. The highest BCUT2D eigenvalue weighted by atomic mass is 35.5. The van der Waals surface area contributed by atoms with Gasteiger partial charge in [0.25, 0.3) is 0 Å². The maximum Gasteiger partial charge on any atom is 0.147 e.